The molecule has 1 aliphatic heterocycles. The molecule has 4 aromatic rings. The van der Waals surface area contributed by atoms with Crippen LogP contribution in [0.2, 0.25) is 0 Å². The molecular weight excluding hydrogens is 498 g/mol. The average molecular weight is 527 g/mol. The highest BCUT2D eigenvalue weighted by Crippen LogP contribution is 2.33. The SMILES string of the molecule is CC(N1CCN(c2ccc(OCc3cccs3)nc2)CC1)C(O)(Cn1cncn1)c1ccc(F)cc1F. The summed E-state index contributed by atoms with van der Waals surface area (Å²) in [7, 11) is 0. The molecule has 3 aromatic heterocycles. The summed E-state index contributed by atoms with van der Waals surface area (Å²) in [5, 5.41) is 18.0. The summed E-state index contributed by atoms with van der Waals surface area (Å²) >= 11 is 1.64. The summed E-state index contributed by atoms with van der Waals surface area (Å²) in [5.74, 6) is -0.911. The highest BCUT2D eigenvalue weighted by Gasteiger charge is 2.42. The van der Waals surface area contributed by atoms with Crippen LogP contribution < -0.4 is 9.64 Å². The van der Waals surface area contributed by atoms with Crippen molar-refractivity contribution in [2.24, 2.45) is 0 Å². The maximum absolute atomic E-state index is 14.9. The Morgan fingerprint density at radius 2 is 1.97 bits per heavy atom. The van der Waals surface area contributed by atoms with Gasteiger partial charge in [0.25, 0.3) is 0 Å². The fourth-order valence-corrected chi connectivity index (χ4v) is 5.31. The number of hydrogen-bond donors (Lipinski definition) is 1. The summed E-state index contributed by atoms with van der Waals surface area (Å²) in [4.78, 5) is 13.8. The molecule has 194 valence electrons. The zero-order chi connectivity index (χ0) is 25.8. The lowest BCUT2D eigenvalue weighted by atomic mass is 9.85. The smallest absolute Gasteiger partial charge is 0.213 e. The molecule has 1 aromatic carbocycles. The van der Waals surface area contributed by atoms with Crippen molar-refractivity contribution in [2.45, 2.75) is 31.7 Å². The van der Waals surface area contributed by atoms with Gasteiger partial charge in [0.1, 0.15) is 36.5 Å². The van der Waals surface area contributed by atoms with Gasteiger partial charge >= 0.3 is 0 Å². The van der Waals surface area contributed by atoms with Gasteiger partial charge in [-0.1, -0.05) is 12.1 Å². The van der Waals surface area contributed by atoms with Gasteiger partial charge in [-0.3, -0.25) is 4.90 Å². The van der Waals surface area contributed by atoms with E-state index in [9.17, 15) is 13.9 Å². The molecule has 37 heavy (non-hydrogen) atoms. The normalized spacial score (nSPS) is 16.9. The summed E-state index contributed by atoms with van der Waals surface area (Å²) in [6.45, 7) is 5.01. The molecule has 0 aliphatic carbocycles. The third-order valence-electron chi connectivity index (χ3n) is 6.85. The number of piperazine rings is 1. The number of hydrogen-bond acceptors (Lipinski definition) is 8. The molecule has 1 aliphatic rings. The number of aliphatic hydroxyl groups is 1. The van der Waals surface area contributed by atoms with E-state index >= 15 is 0 Å². The quantitative estimate of drug-likeness (QED) is 0.356. The van der Waals surface area contributed by atoms with Gasteiger partial charge in [0.15, 0.2) is 0 Å². The minimum atomic E-state index is -1.66. The van der Waals surface area contributed by atoms with Gasteiger partial charge in [-0.25, -0.2) is 23.4 Å². The first-order valence-corrected chi connectivity index (χ1v) is 12.9. The standard InChI is InChI=1S/C26H28F2N6O2S/c1-19(26(35,16-34-18-29-17-31-34)23-6-4-20(27)13-24(23)28)32-8-10-33(11-9-32)21-5-7-25(30-14-21)36-15-22-3-2-12-37-22/h2-7,12-14,17-19,35H,8-11,15-16H2,1H3. The van der Waals surface area contributed by atoms with Crippen molar-refractivity contribution in [3.05, 3.63) is 88.8 Å². The Bertz CT molecular complexity index is 1280. The van der Waals surface area contributed by atoms with Gasteiger partial charge in [0.2, 0.25) is 5.88 Å². The number of nitrogens with zero attached hydrogens (tertiary/aromatic N) is 6. The average Bonchev–Trinajstić information content (AvgIpc) is 3.62. The van der Waals surface area contributed by atoms with Crippen LogP contribution in [0.5, 0.6) is 5.88 Å². The van der Waals surface area contributed by atoms with Crippen LogP contribution in [0.4, 0.5) is 14.5 Å². The Labute approximate surface area is 217 Å². The van der Waals surface area contributed by atoms with Crippen molar-refractivity contribution >= 4 is 17.0 Å². The largest absolute Gasteiger partial charge is 0.472 e. The first kappa shape index (κ1) is 25.2. The van der Waals surface area contributed by atoms with Crippen LogP contribution >= 0.6 is 11.3 Å². The summed E-state index contributed by atoms with van der Waals surface area (Å²) < 4.78 is 35.7. The predicted molar refractivity (Wildman–Crippen MR) is 136 cm³/mol. The number of thiophene rings is 1. The van der Waals surface area contributed by atoms with Gasteiger partial charge in [-0.2, -0.15) is 5.10 Å². The second-order valence-corrected chi connectivity index (χ2v) is 10.1. The molecule has 0 spiro atoms. The van der Waals surface area contributed by atoms with Gasteiger partial charge in [0.05, 0.1) is 18.4 Å². The van der Waals surface area contributed by atoms with Crippen molar-refractivity contribution < 1.29 is 18.6 Å². The van der Waals surface area contributed by atoms with E-state index in [4.69, 9.17) is 4.74 Å². The van der Waals surface area contributed by atoms with E-state index in [2.05, 4.69) is 24.9 Å². The molecule has 11 heteroatoms. The van der Waals surface area contributed by atoms with Crippen LogP contribution in [0.1, 0.15) is 17.4 Å². The molecule has 1 saturated heterocycles. The molecule has 0 amide bonds. The van der Waals surface area contributed by atoms with Gasteiger partial charge < -0.3 is 14.7 Å². The highest BCUT2D eigenvalue weighted by molar-refractivity contribution is 7.09. The van der Waals surface area contributed by atoms with E-state index in [1.165, 1.54) is 23.4 Å². The van der Waals surface area contributed by atoms with Gasteiger partial charge in [-0.05, 0) is 30.5 Å². The third-order valence-corrected chi connectivity index (χ3v) is 7.70. The van der Waals surface area contributed by atoms with Crippen LogP contribution in [-0.2, 0) is 18.8 Å². The van der Waals surface area contributed by atoms with Crippen molar-refractivity contribution in [1.82, 2.24) is 24.6 Å². The maximum atomic E-state index is 14.9. The summed E-state index contributed by atoms with van der Waals surface area (Å²) in [5.41, 5.74) is -0.642. The monoisotopic (exact) mass is 526 g/mol. The molecule has 8 nitrogen and oxygen atoms in total. The number of anilines is 1. The van der Waals surface area contributed by atoms with Crippen LogP contribution in [-0.4, -0.2) is 62.0 Å². The van der Waals surface area contributed by atoms with E-state index in [1.807, 2.05) is 36.6 Å². The van der Waals surface area contributed by atoms with Crippen LogP contribution in [0, 0.1) is 11.6 Å². The molecule has 4 heterocycles. The molecule has 0 bridgehead atoms. The third kappa shape index (κ3) is 5.63. The maximum Gasteiger partial charge on any atom is 0.213 e. The molecule has 0 saturated carbocycles. The van der Waals surface area contributed by atoms with E-state index in [-0.39, 0.29) is 12.1 Å². The lowest BCUT2D eigenvalue weighted by Crippen LogP contribution is -2.57. The zero-order valence-corrected chi connectivity index (χ0v) is 21.2. The van der Waals surface area contributed by atoms with Crippen LogP contribution in [0.25, 0.3) is 0 Å². The van der Waals surface area contributed by atoms with Crippen molar-refractivity contribution in [3.63, 3.8) is 0 Å². The summed E-state index contributed by atoms with van der Waals surface area (Å²) in [6.07, 6.45) is 4.63. The lowest BCUT2D eigenvalue weighted by Gasteiger charge is -2.45. The molecular formula is C26H28F2N6O2S. The second-order valence-electron chi connectivity index (χ2n) is 9.06. The fourth-order valence-electron chi connectivity index (χ4n) is 4.70. The molecule has 1 fully saturated rings. The number of rotatable bonds is 9. The molecule has 2 atom stereocenters. The second kappa shape index (κ2) is 10.9. The molecule has 1 N–H and O–H groups in total. The minimum absolute atomic E-state index is 0.0201. The fraction of sp³-hybridized carbons (Fsp3) is 0.346. The Morgan fingerprint density at radius 3 is 2.62 bits per heavy atom. The molecule has 0 radical (unpaired) electrons. The molecule has 5 rings (SSSR count). The Hall–Kier alpha value is -3.41. The van der Waals surface area contributed by atoms with E-state index in [0.717, 1.165) is 22.7 Å². The number of benzene rings is 1. The van der Waals surface area contributed by atoms with Crippen molar-refractivity contribution in [3.8, 4) is 5.88 Å². The zero-order valence-electron chi connectivity index (χ0n) is 20.4. The van der Waals surface area contributed by atoms with Gasteiger partial charge in [-0.15, -0.1) is 11.3 Å². The Kier molecular flexibility index (Phi) is 7.45. The highest BCUT2D eigenvalue weighted by atomic mass is 32.1. The Balaban J connectivity index is 1.25. The molecule has 2 unspecified atom stereocenters. The van der Waals surface area contributed by atoms with Crippen LogP contribution in [0.15, 0.2) is 66.7 Å². The Morgan fingerprint density at radius 1 is 1.14 bits per heavy atom. The first-order valence-electron chi connectivity index (χ1n) is 12.0. The predicted octanol–water partition coefficient (Wildman–Crippen LogP) is 3.69. The van der Waals surface area contributed by atoms with Gasteiger partial charge in [0, 0.05) is 54.8 Å². The van der Waals surface area contributed by atoms with E-state index < -0.39 is 23.3 Å². The van der Waals surface area contributed by atoms with E-state index in [1.54, 1.807) is 17.5 Å². The first-order chi connectivity index (χ1) is 17.9. The minimum Gasteiger partial charge on any atom is -0.472 e. The van der Waals surface area contributed by atoms with Crippen molar-refractivity contribution in [1.29, 1.82) is 0 Å². The summed E-state index contributed by atoms with van der Waals surface area (Å²) in [6, 6.07) is 10.7. The van der Waals surface area contributed by atoms with Crippen molar-refractivity contribution in [2.75, 3.05) is 31.1 Å². The van der Waals surface area contributed by atoms with Crippen LogP contribution in [0.3, 0.4) is 0 Å². The number of aromatic nitrogens is 4. The lowest BCUT2D eigenvalue weighted by molar-refractivity contribution is -0.0650. The number of halogens is 2. The number of ether oxygens (including phenoxy) is 1. The van der Waals surface area contributed by atoms with E-state index in [0.29, 0.717) is 38.7 Å². The topological polar surface area (TPSA) is 79.5 Å². The number of pyridine rings is 1.